The van der Waals surface area contributed by atoms with Gasteiger partial charge in [0.15, 0.2) is 17.2 Å². The van der Waals surface area contributed by atoms with Crippen LogP contribution >= 0.6 is 0 Å². The monoisotopic (exact) mass is 265 g/mol. The molecule has 1 heterocycles. The molecule has 100 valence electrons. The van der Waals surface area contributed by atoms with Crippen LogP contribution in [0.5, 0.6) is 0 Å². The lowest BCUT2D eigenvalue weighted by atomic mass is 10.1. The summed E-state index contributed by atoms with van der Waals surface area (Å²) in [4.78, 5) is 22.2. The van der Waals surface area contributed by atoms with Gasteiger partial charge in [0.1, 0.15) is 0 Å². The van der Waals surface area contributed by atoms with Gasteiger partial charge in [0.25, 0.3) is 5.91 Å². The van der Waals surface area contributed by atoms with Crippen molar-refractivity contribution in [3.8, 4) is 0 Å². The summed E-state index contributed by atoms with van der Waals surface area (Å²) in [6.45, 7) is 1.64. The summed E-state index contributed by atoms with van der Waals surface area (Å²) in [5.41, 5.74) is 0.561. The molecule has 1 amide bonds. The van der Waals surface area contributed by atoms with E-state index in [0.29, 0.717) is 10.9 Å². The average molecular weight is 265 g/mol. The molecular formula is C13H12FNO4. The Morgan fingerprint density at radius 2 is 2.16 bits per heavy atom. The summed E-state index contributed by atoms with van der Waals surface area (Å²) >= 11 is 0. The van der Waals surface area contributed by atoms with E-state index in [2.05, 4.69) is 5.32 Å². The van der Waals surface area contributed by atoms with Crippen LogP contribution in [0, 0.1) is 12.7 Å². The van der Waals surface area contributed by atoms with Gasteiger partial charge >= 0.3 is 5.97 Å². The third kappa shape index (κ3) is 2.57. The van der Waals surface area contributed by atoms with Crippen LogP contribution in [0.4, 0.5) is 4.39 Å². The number of hydrogen-bond donors (Lipinski definition) is 2. The van der Waals surface area contributed by atoms with Gasteiger partial charge in [-0.3, -0.25) is 9.59 Å². The minimum absolute atomic E-state index is 0.00508. The molecular weight excluding hydrogens is 253 g/mol. The molecule has 2 N–H and O–H groups in total. The van der Waals surface area contributed by atoms with Crippen molar-refractivity contribution in [3.05, 3.63) is 35.3 Å². The van der Waals surface area contributed by atoms with Gasteiger partial charge < -0.3 is 14.8 Å². The fourth-order valence-corrected chi connectivity index (χ4v) is 1.79. The van der Waals surface area contributed by atoms with Crippen LogP contribution in [0.3, 0.4) is 0 Å². The van der Waals surface area contributed by atoms with Gasteiger partial charge in [0.2, 0.25) is 0 Å². The van der Waals surface area contributed by atoms with Gasteiger partial charge in [-0.05, 0) is 13.0 Å². The molecule has 0 fully saturated rings. The first-order chi connectivity index (χ1) is 9.00. The maximum absolute atomic E-state index is 13.5. The standard InChI is InChI=1S/C13H12FNO4/c1-7-8-3-2-4-9(14)12(8)19-11(7)13(18)15-6-5-10(16)17/h2-4H,5-6H2,1H3,(H,15,18)(H,16,17). The van der Waals surface area contributed by atoms with Crippen molar-refractivity contribution < 1.29 is 23.5 Å². The number of amides is 1. The second-order valence-corrected chi connectivity index (χ2v) is 4.07. The number of rotatable bonds is 4. The fourth-order valence-electron chi connectivity index (χ4n) is 1.79. The topological polar surface area (TPSA) is 79.5 Å². The first-order valence-electron chi connectivity index (χ1n) is 5.68. The summed E-state index contributed by atoms with van der Waals surface area (Å²) in [7, 11) is 0. The molecule has 19 heavy (non-hydrogen) atoms. The molecule has 0 spiro atoms. The molecule has 6 heteroatoms. The van der Waals surface area contributed by atoms with Crippen molar-refractivity contribution in [2.75, 3.05) is 6.54 Å². The number of hydrogen-bond acceptors (Lipinski definition) is 3. The Hall–Kier alpha value is -2.37. The van der Waals surface area contributed by atoms with E-state index in [4.69, 9.17) is 9.52 Å². The molecule has 5 nitrogen and oxygen atoms in total. The van der Waals surface area contributed by atoms with E-state index in [1.54, 1.807) is 13.0 Å². The van der Waals surface area contributed by atoms with Crippen molar-refractivity contribution in [1.82, 2.24) is 5.32 Å². The Kier molecular flexibility index (Phi) is 3.50. The molecule has 0 aliphatic carbocycles. The van der Waals surface area contributed by atoms with Crippen LogP contribution in [0.1, 0.15) is 22.5 Å². The lowest BCUT2D eigenvalue weighted by molar-refractivity contribution is -0.136. The number of benzene rings is 1. The summed E-state index contributed by atoms with van der Waals surface area (Å²) in [6.07, 6.45) is -0.181. The van der Waals surface area contributed by atoms with E-state index in [0.717, 1.165) is 0 Å². The molecule has 1 aromatic heterocycles. The molecule has 0 atom stereocenters. The van der Waals surface area contributed by atoms with Crippen LogP contribution in [0.25, 0.3) is 11.0 Å². The highest BCUT2D eigenvalue weighted by atomic mass is 19.1. The number of nitrogens with one attached hydrogen (secondary N) is 1. The molecule has 0 bridgehead atoms. The van der Waals surface area contributed by atoms with Gasteiger partial charge in [-0.15, -0.1) is 0 Å². The number of furan rings is 1. The average Bonchev–Trinajstić information content (AvgIpc) is 2.68. The number of carbonyl (C=O) groups is 2. The smallest absolute Gasteiger partial charge is 0.305 e. The van der Waals surface area contributed by atoms with E-state index in [-0.39, 0.29) is 24.3 Å². The van der Waals surface area contributed by atoms with Crippen LogP contribution in [0.2, 0.25) is 0 Å². The maximum Gasteiger partial charge on any atom is 0.305 e. The van der Waals surface area contributed by atoms with Crippen LogP contribution in [-0.2, 0) is 4.79 Å². The Morgan fingerprint density at radius 1 is 1.42 bits per heavy atom. The molecule has 0 radical (unpaired) electrons. The van der Waals surface area contributed by atoms with Crippen molar-refractivity contribution in [3.63, 3.8) is 0 Å². The zero-order chi connectivity index (χ0) is 14.0. The summed E-state index contributed by atoms with van der Waals surface area (Å²) in [5.74, 6) is -2.09. The number of fused-ring (bicyclic) bond motifs is 1. The molecule has 0 aliphatic heterocycles. The van der Waals surface area contributed by atoms with Gasteiger partial charge in [-0.25, -0.2) is 4.39 Å². The minimum Gasteiger partial charge on any atom is -0.481 e. The Bertz CT molecular complexity index is 647. The van der Waals surface area contributed by atoms with Crippen molar-refractivity contribution >= 4 is 22.8 Å². The number of para-hydroxylation sites is 1. The quantitative estimate of drug-likeness (QED) is 0.887. The predicted molar refractivity (Wildman–Crippen MR) is 65.5 cm³/mol. The van der Waals surface area contributed by atoms with Crippen molar-refractivity contribution in [2.45, 2.75) is 13.3 Å². The summed E-state index contributed by atoms with van der Waals surface area (Å²) in [5, 5.41) is 11.4. The Balaban J connectivity index is 2.25. The number of carboxylic acid groups (broad SMARTS) is 1. The second kappa shape index (κ2) is 5.09. The number of carbonyl (C=O) groups excluding carboxylic acids is 1. The van der Waals surface area contributed by atoms with Gasteiger partial charge in [0, 0.05) is 17.5 Å². The van der Waals surface area contributed by atoms with Gasteiger partial charge in [-0.1, -0.05) is 12.1 Å². The molecule has 0 saturated carbocycles. The molecule has 0 aliphatic rings. The lowest BCUT2D eigenvalue weighted by Gasteiger charge is -2.01. The normalized spacial score (nSPS) is 10.6. The molecule has 0 saturated heterocycles. The third-order valence-corrected chi connectivity index (χ3v) is 2.75. The highest BCUT2D eigenvalue weighted by Crippen LogP contribution is 2.27. The van der Waals surface area contributed by atoms with E-state index < -0.39 is 17.7 Å². The van der Waals surface area contributed by atoms with E-state index in [1.807, 2.05) is 0 Å². The molecule has 2 aromatic rings. The maximum atomic E-state index is 13.5. The Labute approximate surface area is 108 Å². The minimum atomic E-state index is -1.01. The third-order valence-electron chi connectivity index (χ3n) is 2.75. The highest BCUT2D eigenvalue weighted by molar-refractivity contribution is 5.99. The number of carboxylic acids is 1. The van der Waals surface area contributed by atoms with Crippen molar-refractivity contribution in [2.24, 2.45) is 0 Å². The van der Waals surface area contributed by atoms with Crippen LogP contribution in [0.15, 0.2) is 22.6 Å². The zero-order valence-electron chi connectivity index (χ0n) is 10.2. The van der Waals surface area contributed by atoms with Gasteiger partial charge in [-0.2, -0.15) is 0 Å². The van der Waals surface area contributed by atoms with Gasteiger partial charge in [0.05, 0.1) is 6.42 Å². The summed E-state index contributed by atoms with van der Waals surface area (Å²) < 4.78 is 18.7. The van der Waals surface area contributed by atoms with Crippen LogP contribution in [-0.4, -0.2) is 23.5 Å². The molecule has 1 aromatic carbocycles. The van der Waals surface area contributed by atoms with E-state index in [9.17, 15) is 14.0 Å². The SMILES string of the molecule is Cc1c(C(=O)NCCC(=O)O)oc2c(F)cccc12. The zero-order valence-corrected chi connectivity index (χ0v) is 10.2. The molecule has 0 unspecified atom stereocenters. The van der Waals surface area contributed by atoms with E-state index in [1.165, 1.54) is 12.1 Å². The number of halogens is 1. The second-order valence-electron chi connectivity index (χ2n) is 4.07. The largest absolute Gasteiger partial charge is 0.481 e. The summed E-state index contributed by atoms with van der Waals surface area (Å²) in [6, 6.07) is 4.44. The lowest BCUT2D eigenvalue weighted by Crippen LogP contribution is -2.26. The van der Waals surface area contributed by atoms with E-state index >= 15 is 0 Å². The van der Waals surface area contributed by atoms with Crippen molar-refractivity contribution in [1.29, 1.82) is 0 Å². The first-order valence-corrected chi connectivity index (χ1v) is 5.68. The molecule has 2 rings (SSSR count). The highest BCUT2D eigenvalue weighted by Gasteiger charge is 2.19. The Morgan fingerprint density at radius 3 is 2.79 bits per heavy atom. The predicted octanol–water partition coefficient (Wildman–Crippen LogP) is 2.08. The fraction of sp³-hybridized carbons (Fsp3) is 0.231. The first kappa shape index (κ1) is 13.1. The number of aryl methyl sites for hydroxylation is 1. The van der Waals surface area contributed by atoms with Crippen LogP contribution < -0.4 is 5.32 Å². The number of aliphatic carboxylic acids is 1.